The molecule has 1 amide bonds. The molecule has 0 saturated carbocycles. The molecule has 166 valence electrons. The minimum atomic E-state index is 0.299. The van der Waals surface area contributed by atoms with E-state index < -0.39 is 0 Å². The van der Waals surface area contributed by atoms with E-state index in [4.69, 9.17) is 0 Å². The summed E-state index contributed by atoms with van der Waals surface area (Å²) in [7, 11) is 0. The van der Waals surface area contributed by atoms with Crippen molar-refractivity contribution in [1.29, 1.82) is 0 Å². The van der Waals surface area contributed by atoms with Crippen LogP contribution in [0.3, 0.4) is 0 Å². The molecular formula is C26H36N4O. The fourth-order valence-electron chi connectivity index (χ4n) is 4.58. The van der Waals surface area contributed by atoms with E-state index >= 15 is 0 Å². The maximum absolute atomic E-state index is 12.8. The molecule has 0 aromatic heterocycles. The van der Waals surface area contributed by atoms with Gasteiger partial charge in [0, 0.05) is 65.4 Å². The Hall–Kier alpha value is -2.21. The minimum Gasteiger partial charge on any atom is -0.339 e. The van der Waals surface area contributed by atoms with Crippen molar-refractivity contribution in [1.82, 2.24) is 19.6 Å². The van der Waals surface area contributed by atoms with E-state index in [-0.39, 0.29) is 0 Å². The summed E-state index contributed by atoms with van der Waals surface area (Å²) >= 11 is 0. The SMILES string of the molecule is Cc1ccccc1CN1CCN(C(=O)CN2CCN(CCc3ccccc3)CC2)CC1. The second kappa shape index (κ2) is 10.9. The number of carbonyl (C=O) groups is 1. The molecule has 2 saturated heterocycles. The minimum absolute atomic E-state index is 0.299. The number of amides is 1. The number of piperazine rings is 2. The van der Waals surface area contributed by atoms with Crippen molar-refractivity contribution in [3.05, 3.63) is 71.3 Å². The van der Waals surface area contributed by atoms with Crippen molar-refractivity contribution >= 4 is 5.91 Å². The van der Waals surface area contributed by atoms with Gasteiger partial charge in [-0.3, -0.25) is 14.6 Å². The summed E-state index contributed by atoms with van der Waals surface area (Å²) in [6.45, 7) is 12.6. The van der Waals surface area contributed by atoms with Crippen LogP contribution in [0.4, 0.5) is 0 Å². The first-order valence-electron chi connectivity index (χ1n) is 11.7. The lowest BCUT2D eigenvalue weighted by molar-refractivity contribution is -0.134. The molecule has 31 heavy (non-hydrogen) atoms. The number of aryl methyl sites for hydroxylation is 1. The number of rotatable bonds is 7. The van der Waals surface area contributed by atoms with Gasteiger partial charge in [-0.25, -0.2) is 0 Å². The molecular weight excluding hydrogens is 384 g/mol. The van der Waals surface area contributed by atoms with Crippen LogP contribution in [0.1, 0.15) is 16.7 Å². The highest BCUT2D eigenvalue weighted by molar-refractivity contribution is 5.78. The number of benzene rings is 2. The molecule has 0 radical (unpaired) electrons. The van der Waals surface area contributed by atoms with Crippen molar-refractivity contribution in [2.45, 2.75) is 19.9 Å². The molecule has 2 aromatic carbocycles. The van der Waals surface area contributed by atoms with Gasteiger partial charge in [-0.15, -0.1) is 0 Å². The Balaban J connectivity index is 1.14. The standard InChI is InChI=1S/C26H36N4O/c1-23-7-5-6-10-25(23)21-28-17-19-30(20-18-28)26(31)22-29-15-13-27(14-16-29)12-11-24-8-3-2-4-9-24/h2-10H,11-22H2,1H3. The Labute approximate surface area is 187 Å². The van der Waals surface area contributed by atoms with Crippen LogP contribution < -0.4 is 0 Å². The van der Waals surface area contributed by atoms with E-state index in [9.17, 15) is 4.79 Å². The van der Waals surface area contributed by atoms with E-state index in [1.54, 1.807) is 0 Å². The Kier molecular flexibility index (Phi) is 7.73. The van der Waals surface area contributed by atoms with Crippen LogP contribution in [0.5, 0.6) is 0 Å². The van der Waals surface area contributed by atoms with Crippen LogP contribution >= 0.6 is 0 Å². The molecule has 0 atom stereocenters. The summed E-state index contributed by atoms with van der Waals surface area (Å²) in [6, 6.07) is 19.3. The Morgan fingerprint density at radius 1 is 0.742 bits per heavy atom. The van der Waals surface area contributed by atoms with Crippen LogP contribution in [-0.4, -0.2) is 91.0 Å². The predicted octanol–water partition coefficient (Wildman–Crippen LogP) is 2.50. The zero-order valence-corrected chi connectivity index (χ0v) is 18.9. The summed E-state index contributed by atoms with van der Waals surface area (Å²) < 4.78 is 0. The van der Waals surface area contributed by atoms with Crippen molar-refractivity contribution in [2.75, 3.05) is 65.4 Å². The van der Waals surface area contributed by atoms with Gasteiger partial charge in [-0.2, -0.15) is 0 Å². The number of carbonyl (C=O) groups excluding carboxylic acids is 1. The summed E-state index contributed by atoms with van der Waals surface area (Å²) in [5, 5.41) is 0. The smallest absolute Gasteiger partial charge is 0.236 e. The Morgan fingerprint density at radius 2 is 1.35 bits per heavy atom. The maximum atomic E-state index is 12.8. The zero-order valence-electron chi connectivity index (χ0n) is 18.9. The van der Waals surface area contributed by atoms with E-state index in [1.807, 2.05) is 0 Å². The van der Waals surface area contributed by atoms with E-state index in [2.05, 4.69) is 81.1 Å². The average molecular weight is 421 g/mol. The zero-order chi connectivity index (χ0) is 21.5. The molecule has 5 nitrogen and oxygen atoms in total. The van der Waals surface area contributed by atoms with Gasteiger partial charge in [-0.1, -0.05) is 54.6 Å². The third-order valence-electron chi connectivity index (χ3n) is 6.76. The number of hydrogen-bond acceptors (Lipinski definition) is 4. The van der Waals surface area contributed by atoms with Gasteiger partial charge < -0.3 is 9.80 Å². The lowest BCUT2D eigenvalue weighted by Gasteiger charge is -2.38. The second-order valence-electron chi connectivity index (χ2n) is 8.94. The first-order chi connectivity index (χ1) is 15.2. The number of hydrogen-bond donors (Lipinski definition) is 0. The third kappa shape index (κ3) is 6.39. The quantitative estimate of drug-likeness (QED) is 0.689. The topological polar surface area (TPSA) is 30.0 Å². The van der Waals surface area contributed by atoms with Gasteiger partial charge in [-0.05, 0) is 30.0 Å². The summed E-state index contributed by atoms with van der Waals surface area (Å²) in [5.41, 5.74) is 4.15. The molecule has 2 aromatic rings. The fraction of sp³-hybridized carbons (Fsp3) is 0.500. The van der Waals surface area contributed by atoms with Crippen LogP contribution in [0.2, 0.25) is 0 Å². The fourth-order valence-corrected chi connectivity index (χ4v) is 4.58. The average Bonchev–Trinajstić information content (AvgIpc) is 2.81. The van der Waals surface area contributed by atoms with Gasteiger partial charge in [0.1, 0.15) is 0 Å². The van der Waals surface area contributed by atoms with Gasteiger partial charge >= 0.3 is 0 Å². The normalized spacial score (nSPS) is 18.9. The molecule has 2 aliphatic rings. The summed E-state index contributed by atoms with van der Waals surface area (Å²) in [6.07, 6.45) is 1.10. The lowest BCUT2D eigenvalue weighted by atomic mass is 10.1. The van der Waals surface area contributed by atoms with Gasteiger partial charge in [0.25, 0.3) is 0 Å². The molecule has 4 rings (SSSR count). The predicted molar refractivity (Wildman–Crippen MR) is 126 cm³/mol. The first-order valence-corrected chi connectivity index (χ1v) is 11.7. The van der Waals surface area contributed by atoms with Crippen molar-refractivity contribution in [2.24, 2.45) is 0 Å². The van der Waals surface area contributed by atoms with Crippen LogP contribution in [-0.2, 0) is 17.8 Å². The van der Waals surface area contributed by atoms with E-state index in [0.717, 1.165) is 71.9 Å². The summed E-state index contributed by atoms with van der Waals surface area (Å²) in [4.78, 5) is 22.2. The molecule has 0 unspecified atom stereocenters. The third-order valence-corrected chi connectivity index (χ3v) is 6.76. The van der Waals surface area contributed by atoms with Crippen LogP contribution in [0.15, 0.2) is 54.6 Å². The van der Waals surface area contributed by atoms with E-state index in [1.165, 1.54) is 16.7 Å². The second-order valence-corrected chi connectivity index (χ2v) is 8.94. The Bertz CT molecular complexity index is 824. The van der Waals surface area contributed by atoms with E-state index in [0.29, 0.717) is 12.5 Å². The lowest BCUT2D eigenvalue weighted by Crippen LogP contribution is -2.53. The van der Waals surface area contributed by atoms with Gasteiger partial charge in [0.15, 0.2) is 0 Å². The van der Waals surface area contributed by atoms with Crippen molar-refractivity contribution < 1.29 is 4.79 Å². The molecule has 0 N–H and O–H groups in total. The van der Waals surface area contributed by atoms with Gasteiger partial charge in [0.05, 0.1) is 6.54 Å². The van der Waals surface area contributed by atoms with Crippen molar-refractivity contribution in [3.8, 4) is 0 Å². The largest absolute Gasteiger partial charge is 0.339 e. The highest BCUT2D eigenvalue weighted by atomic mass is 16.2. The monoisotopic (exact) mass is 420 g/mol. The van der Waals surface area contributed by atoms with Crippen molar-refractivity contribution in [3.63, 3.8) is 0 Å². The first kappa shape index (κ1) is 22.0. The molecule has 5 heteroatoms. The molecule has 0 bridgehead atoms. The molecule has 2 aliphatic heterocycles. The maximum Gasteiger partial charge on any atom is 0.236 e. The molecule has 2 fully saturated rings. The Morgan fingerprint density at radius 3 is 2.06 bits per heavy atom. The number of nitrogens with zero attached hydrogens (tertiary/aromatic N) is 4. The van der Waals surface area contributed by atoms with Crippen LogP contribution in [0.25, 0.3) is 0 Å². The molecule has 0 aliphatic carbocycles. The van der Waals surface area contributed by atoms with Crippen LogP contribution in [0, 0.1) is 6.92 Å². The highest BCUT2D eigenvalue weighted by Gasteiger charge is 2.24. The molecule has 0 spiro atoms. The summed E-state index contributed by atoms with van der Waals surface area (Å²) in [5.74, 6) is 0.299. The highest BCUT2D eigenvalue weighted by Crippen LogP contribution is 2.13. The molecule has 2 heterocycles. The van der Waals surface area contributed by atoms with Gasteiger partial charge in [0.2, 0.25) is 5.91 Å².